The molecule has 0 heterocycles. The van der Waals surface area contributed by atoms with Gasteiger partial charge < -0.3 is 10.8 Å². The van der Waals surface area contributed by atoms with E-state index < -0.39 is 12.0 Å². The topological polar surface area (TPSA) is 63.3 Å². The maximum Gasteiger partial charge on any atom is 0.320 e. The number of rotatable bonds is 3. The van der Waals surface area contributed by atoms with Crippen LogP contribution in [0.1, 0.15) is 19.3 Å². The zero-order valence-corrected chi connectivity index (χ0v) is 6.92. The van der Waals surface area contributed by atoms with Gasteiger partial charge in [-0.05, 0) is 30.6 Å². The van der Waals surface area contributed by atoms with Crippen molar-refractivity contribution in [2.45, 2.75) is 25.3 Å². The summed E-state index contributed by atoms with van der Waals surface area (Å²) in [4.78, 5) is 10.4. The van der Waals surface area contributed by atoms with Gasteiger partial charge in [-0.25, -0.2) is 0 Å². The summed E-state index contributed by atoms with van der Waals surface area (Å²) in [5, 5.41) is 8.58. The van der Waals surface area contributed by atoms with E-state index >= 15 is 0 Å². The first kappa shape index (κ1) is 7.80. The van der Waals surface area contributed by atoms with E-state index in [1.807, 2.05) is 0 Å². The molecule has 0 aromatic rings. The zero-order valence-electron chi connectivity index (χ0n) is 6.92. The number of allylic oxidation sites excluding steroid dienone is 1. The Morgan fingerprint density at radius 3 is 2.75 bits per heavy atom. The third kappa shape index (κ3) is 0.894. The van der Waals surface area contributed by atoms with Crippen LogP contribution in [0.2, 0.25) is 0 Å². The summed E-state index contributed by atoms with van der Waals surface area (Å²) < 4.78 is 0. The minimum atomic E-state index is -0.898. The molecule has 0 bridgehead atoms. The van der Waals surface area contributed by atoms with Gasteiger partial charge in [0.05, 0.1) is 0 Å². The van der Waals surface area contributed by atoms with Crippen molar-refractivity contribution in [1.82, 2.24) is 0 Å². The van der Waals surface area contributed by atoms with Gasteiger partial charge in [0.1, 0.15) is 6.04 Å². The molecule has 2 rings (SSSR count). The number of carbonyl (C=O) groups is 1. The molecule has 12 heavy (non-hydrogen) atoms. The summed E-state index contributed by atoms with van der Waals surface area (Å²) in [6.07, 6.45) is 2.97. The number of hydrogen-bond acceptors (Lipinski definition) is 2. The van der Waals surface area contributed by atoms with Crippen molar-refractivity contribution in [2.24, 2.45) is 17.1 Å². The summed E-state index contributed by atoms with van der Waals surface area (Å²) in [6, 6.07) is -0.702. The van der Waals surface area contributed by atoms with Gasteiger partial charge in [0.2, 0.25) is 0 Å². The second kappa shape index (κ2) is 2.10. The van der Waals surface area contributed by atoms with Crippen molar-refractivity contribution >= 4 is 5.97 Å². The molecule has 1 spiro atoms. The Bertz CT molecular complexity index is 255. The van der Waals surface area contributed by atoms with E-state index in [0.29, 0.717) is 17.8 Å². The summed E-state index contributed by atoms with van der Waals surface area (Å²) in [6.45, 7) is 3.93. The number of hydrogen-bond donors (Lipinski definition) is 2. The predicted molar refractivity (Wildman–Crippen MR) is 44.5 cm³/mol. The fraction of sp³-hybridized carbons (Fsp3) is 0.667. The summed E-state index contributed by atoms with van der Waals surface area (Å²) >= 11 is 0. The molecule has 3 nitrogen and oxygen atoms in total. The van der Waals surface area contributed by atoms with Crippen LogP contribution in [0.4, 0.5) is 0 Å². The van der Waals surface area contributed by atoms with Crippen molar-refractivity contribution in [1.29, 1.82) is 0 Å². The fourth-order valence-electron chi connectivity index (χ4n) is 2.10. The molecule has 2 aliphatic rings. The molecule has 0 aromatic heterocycles. The lowest BCUT2D eigenvalue weighted by atomic mass is 10.1. The van der Waals surface area contributed by atoms with Gasteiger partial charge in [0.25, 0.3) is 0 Å². The molecule has 3 N–H and O–H groups in total. The van der Waals surface area contributed by atoms with Crippen LogP contribution in [-0.2, 0) is 4.79 Å². The first-order valence-corrected chi connectivity index (χ1v) is 4.25. The first-order chi connectivity index (χ1) is 5.58. The van der Waals surface area contributed by atoms with Crippen LogP contribution in [0.25, 0.3) is 0 Å². The van der Waals surface area contributed by atoms with Gasteiger partial charge in [-0.3, -0.25) is 4.79 Å². The lowest BCUT2D eigenvalue weighted by molar-refractivity contribution is -0.138. The molecule has 2 fully saturated rings. The molecular weight excluding hydrogens is 154 g/mol. The van der Waals surface area contributed by atoms with Crippen LogP contribution in [0.3, 0.4) is 0 Å². The Morgan fingerprint density at radius 1 is 1.83 bits per heavy atom. The van der Waals surface area contributed by atoms with E-state index in [-0.39, 0.29) is 0 Å². The van der Waals surface area contributed by atoms with Crippen LogP contribution >= 0.6 is 0 Å². The highest BCUT2D eigenvalue weighted by atomic mass is 16.4. The average Bonchev–Trinajstić information content (AvgIpc) is 2.86. The molecule has 1 unspecified atom stereocenters. The second-order valence-electron chi connectivity index (χ2n) is 3.91. The molecule has 0 saturated heterocycles. The van der Waals surface area contributed by atoms with Crippen LogP contribution in [0.5, 0.6) is 0 Å². The SMILES string of the molecule is C=C1C(C[C@@H](N)C(=O)O)C12CC2. The second-order valence-corrected chi connectivity index (χ2v) is 3.91. The standard InChI is InChI=1S/C9H13NO2/c1-5-6(9(5)2-3-9)4-7(10)8(11)12/h6-7H,1-4,10H2,(H,11,12)/t6?,7-/m1/s1. The zero-order chi connectivity index (χ0) is 8.93. The normalized spacial score (nSPS) is 31.8. The molecule has 2 atom stereocenters. The van der Waals surface area contributed by atoms with Gasteiger partial charge in [-0.2, -0.15) is 0 Å². The lowest BCUT2D eigenvalue weighted by Gasteiger charge is -2.03. The first-order valence-electron chi connectivity index (χ1n) is 4.25. The van der Waals surface area contributed by atoms with E-state index in [0.717, 1.165) is 0 Å². The molecule has 2 aliphatic carbocycles. The van der Waals surface area contributed by atoms with Gasteiger partial charge >= 0.3 is 5.97 Å². The maximum atomic E-state index is 10.4. The quantitative estimate of drug-likeness (QED) is 0.610. The number of carboxylic acid groups (broad SMARTS) is 1. The predicted octanol–water partition coefficient (Wildman–Crippen LogP) is 0.755. The monoisotopic (exact) mass is 167 g/mol. The molecule has 0 aliphatic heterocycles. The highest BCUT2D eigenvalue weighted by Crippen LogP contribution is 2.75. The largest absolute Gasteiger partial charge is 0.480 e. The van der Waals surface area contributed by atoms with Crippen LogP contribution in [-0.4, -0.2) is 17.1 Å². The minimum Gasteiger partial charge on any atom is -0.480 e. The molecule has 66 valence electrons. The summed E-state index contributed by atoms with van der Waals surface area (Å²) in [5.74, 6) is -0.492. The number of nitrogens with two attached hydrogens (primary N) is 1. The van der Waals surface area contributed by atoms with Crippen LogP contribution in [0, 0.1) is 11.3 Å². The third-order valence-corrected chi connectivity index (χ3v) is 3.24. The van der Waals surface area contributed by atoms with Crippen molar-refractivity contribution < 1.29 is 9.90 Å². The van der Waals surface area contributed by atoms with E-state index in [9.17, 15) is 4.79 Å². The van der Waals surface area contributed by atoms with Crippen LogP contribution < -0.4 is 5.73 Å². The Kier molecular flexibility index (Phi) is 1.37. The van der Waals surface area contributed by atoms with Crippen molar-refractivity contribution in [3.8, 4) is 0 Å². The molecule has 2 saturated carbocycles. The summed E-state index contributed by atoms with van der Waals surface area (Å²) in [5.41, 5.74) is 7.02. The van der Waals surface area contributed by atoms with Gasteiger partial charge in [0.15, 0.2) is 0 Å². The van der Waals surface area contributed by atoms with Gasteiger partial charge in [-0.1, -0.05) is 12.2 Å². The van der Waals surface area contributed by atoms with Gasteiger partial charge in [-0.15, -0.1) is 0 Å². The molecule has 0 radical (unpaired) electrons. The van der Waals surface area contributed by atoms with Crippen molar-refractivity contribution in [3.63, 3.8) is 0 Å². The number of carboxylic acids is 1. The van der Waals surface area contributed by atoms with E-state index in [1.54, 1.807) is 0 Å². The van der Waals surface area contributed by atoms with Crippen molar-refractivity contribution in [2.75, 3.05) is 0 Å². The van der Waals surface area contributed by atoms with E-state index in [4.69, 9.17) is 10.8 Å². The van der Waals surface area contributed by atoms with E-state index in [1.165, 1.54) is 18.4 Å². The Labute approximate surface area is 71.3 Å². The Balaban J connectivity index is 1.90. The smallest absolute Gasteiger partial charge is 0.320 e. The number of aliphatic carboxylic acids is 1. The molecular formula is C9H13NO2. The average molecular weight is 167 g/mol. The van der Waals surface area contributed by atoms with Crippen LogP contribution in [0.15, 0.2) is 12.2 Å². The fourth-order valence-corrected chi connectivity index (χ4v) is 2.10. The Morgan fingerprint density at radius 2 is 2.42 bits per heavy atom. The maximum absolute atomic E-state index is 10.4. The molecule has 3 heteroatoms. The summed E-state index contributed by atoms with van der Waals surface area (Å²) in [7, 11) is 0. The molecule has 0 amide bonds. The minimum absolute atomic E-state index is 0.354. The highest BCUT2D eigenvalue weighted by molar-refractivity contribution is 5.73. The van der Waals surface area contributed by atoms with E-state index in [2.05, 4.69) is 6.58 Å². The molecule has 0 aromatic carbocycles. The third-order valence-electron chi connectivity index (χ3n) is 3.24. The van der Waals surface area contributed by atoms with Crippen molar-refractivity contribution in [3.05, 3.63) is 12.2 Å². The highest BCUT2D eigenvalue weighted by Gasteiger charge is 2.66. The Hall–Kier alpha value is -0.830. The lowest BCUT2D eigenvalue weighted by Crippen LogP contribution is -2.30. The van der Waals surface area contributed by atoms with Gasteiger partial charge in [0, 0.05) is 0 Å².